The van der Waals surface area contributed by atoms with Gasteiger partial charge in [-0.1, -0.05) is 146 Å². The van der Waals surface area contributed by atoms with Gasteiger partial charge in [-0.15, -0.1) is 11.3 Å². The van der Waals surface area contributed by atoms with Crippen molar-refractivity contribution in [1.82, 2.24) is 66.3 Å². The molecule has 670 valence electrons. The number of benzene rings is 2. The summed E-state index contributed by atoms with van der Waals surface area (Å²) in [4.78, 5) is 194. The monoisotopic (exact) mass is 1700 g/mol. The maximum Gasteiger partial charge on any atom is 0.411 e. The van der Waals surface area contributed by atoms with E-state index >= 15 is 4.79 Å². The van der Waals surface area contributed by atoms with Crippen LogP contribution in [0.4, 0.5) is 15.3 Å². The molecular weight excluding hydrogens is 1560 g/mol. The van der Waals surface area contributed by atoms with Gasteiger partial charge in [-0.3, -0.25) is 62.5 Å². The molecular formula is C86H137N15O18S. The number of thiazole rings is 1. The number of aromatic nitrogens is 1. The van der Waals surface area contributed by atoms with Crippen LogP contribution in [0.5, 0.6) is 0 Å². The van der Waals surface area contributed by atoms with Crippen LogP contribution in [0.25, 0.3) is 0 Å². The number of ether oxygens (including phenoxy) is 5. The first kappa shape index (κ1) is 101. The van der Waals surface area contributed by atoms with E-state index in [9.17, 15) is 57.5 Å². The number of primary amides is 1. The van der Waals surface area contributed by atoms with Crippen molar-refractivity contribution in [3.63, 3.8) is 0 Å². The molecule has 0 saturated carbocycles. The SMILES string of the molecule is CCC(=O)N(CCC(=O)NCCOCCOCCC(=O)N[C@H](C(=O)N[C@@H](CCCNC(N)=O)C(=O)Nc1ccc(C(OC(=O)N(C)[C@H](C(=O)N[C@H](C(=O)N(C)[C@@H]([C@@H](C)CC)[C@@H](CC(=O)N2CCC[C@H]2[C@H](OC)[C@@H](C)C(=O)N[C@@H](Cc2ccccc2)c2nccs2)OC)C(C)C)C(C)C)C(=O)N2CCN(C)CC2)cc1)C(C)C)C(=O)C(C)(C)C(C)C. The molecule has 2 fully saturated rings. The van der Waals surface area contributed by atoms with Gasteiger partial charge in [0.15, 0.2) is 0 Å². The fourth-order valence-corrected chi connectivity index (χ4v) is 15.4. The minimum Gasteiger partial charge on any atom is -0.431 e. The number of carbonyl (C=O) groups is 13. The number of rotatable bonds is 49. The van der Waals surface area contributed by atoms with Gasteiger partial charge < -0.3 is 86.2 Å². The number of methoxy groups -OCH3 is 2. The molecule has 3 aromatic rings. The Bertz CT molecular complexity index is 3790. The lowest BCUT2D eigenvalue weighted by atomic mass is 9.79. The van der Waals surface area contributed by atoms with Crippen LogP contribution < -0.4 is 43.0 Å². The molecule has 9 N–H and O–H groups in total. The molecule has 2 aromatic carbocycles. The average molecular weight is 1700 g/mol. The Kier molecular flexibility index (Phi) is 42.4. The van der Waals surface area contributed by atoms with Gasteiger partial charge in [0, 0.05) is 128 Å². The maximum atomic E-state index is 15.2. The first-order chi connectivity index (χ1) is 56.8. The van der Waals surface area contributed by atoms with Crippen molar-refractivity contribution in [1.29, 1.82) is 0 Å². The molecule has 5 rings (SSSR count). The standard InChI is InChI=1S/C86H137N15O18S/c1-20-57(11)73(65(115-18)52-69(105)100-40-26-30-64(100)74(116-19)58(12)76(106)93-63(80-89-39-50-120-80)51-59-27-23-22-24-28-59)97(16)81(110)71(54(5)6)95-79(109)72(55(7)8)98(17)85(114)119-75(82(111)99-44-42-96(15)43-45-99)60-31-33-61(34-32-60)91-77(107)62(29-25-37-90-84(87)113)92-78(108)70(53(3)4)94-67(103)36-46-117-48-49-118-47-38-88-66(102)35-41-101(68(104)21-2)83(112)86(13,14)56(9)10/h22-24,27-28,31-34,39,50,53-58,62-65,70-75H,20-21,25-26,29-30,35-38,40-49,51-52H2,1-19H3,(H,88,102)(H,91,107)(H,92,108)(H,93,106)(H,94,103)(H,95,109)(H3,87,90,113)/t57-,58+,62-,63-,64-,65+,70-,71-,72-,73-,74+,75?/m0/s1. The predicted molar refractivity (Wildman–Crippen MR) is 456 cm³/mol. The van der Waals surface area contributed by atoms with Crippen molar-refractivity contribution in [2.24, 2.45) is 46.7 Å². The first-order valence-electron chi connectivity index (χ1n) is 42.2. The zero-order valence-corrected chi connectivity index (χ0v) is 74.9. The number of imide groups is 1. The molecule has 33 nitrogen and oxygen atoms in total. The molecule has 0 bridgehead atoms. The van der Waals surface area contributed by atoms with Crippen LogP contribution in [-0.2, 0) is 82.8 Å². The van der Waals surface area contributed by atoms with Gasteiger partial charge in [-0.05, 0) is 86.4 Å². The Morgan fingerprint density at radius 1 is 0.683 bits per heavy atom. The van der Waals surface area contributed by atoms with Gasteiger partial charge in [-0.2, -0.15) is 0 Å². The Labute approximate surface area is 713 Å². The summed E-state index contributed by atoms with van der Waals surface area (Å²) in [5.41, 5.74) is 6.01. The number of hydrogen-bond acceptors (Lipinski definition) is 21. The minimum atomic E-state index is -1.56. The number of urea groups is 1. The number of nitrogens with zero attached hydrogens (tertiary/aromatic N) is 7. The first-order valence-corrected chi connectivity index (χ1v) is 43.1. The summed E-state index contributed by atoms with van der Waals surface area (Å²) < 4.78 is 29.6. The molecule has 3 heterocycles. The van der Waals surface area contributed by atoms with E-state index in [-0.39, 0.29) is 137 Å². The summed E-state index contributed by atoms with van der Waals surface area (Å²) in [5, 5.41) is 22.3. The average Bonchev–Trinajstić information content (AvgIpc) is 1.15. The Balaban J connectivity index is 1.23. The third kappa shape index (κ3) is 30.4. The third-order valence-electron chi connectivity index (χ3n) is 22.9. The van der Waals surface area contributed by atoms with E-state index in [1.807, 2.05) is 75.4 Å². The number of likely N-dealkylation sites (N-methyl/N-ethyl adjacent to an activating group) is 3. The summed E-state index contributed by atoms with van der Waals surface area (Å²) in [6.07, 6.45) is 0.0423. The molecule has 2 saturated heterocycles. The van der Waals surface area contributed by atoms with Crippen LogP contribution >= 0.6 is 11.3 Å². The summed E-state index contributed by atoms with van der Waals surface area (Å²) >= 11 is 1.46. The van der Waals surface area contributed by atoms with E-state index in [0.29, 0.717) is 58.4 Å². The fourth-order valence-electron chi connectivity index (χ4n) is 14.7. The Morgan fingerprint density at radius 3 is 1.91 bits per heavy atom. The van der Waals surface area contributed by atoms with Crippen molar-refractivity contribution < 1.29 is 86.0 Å². The lowest BCUT2D eigenvalue weighted by Crippen LogP contribution is -2.60. The van der Waals surface area contributed by atoms with Crippen LogP contribution in [0.15, 0.2) is 66.2 Å². The normalized spacial score (nSPS) is 16.6. The largest absolute Gasteiger partial charge is 0.431 e. The molecule has 0 radical (unpaired) electrons. The highest BCUT2D eigenvalue weighted by Crippen LogP contribution is 2.33. The number of amides is 14. The number of carbonyl (C=O) groups excluding carboxylic acids is 13. The van der Waals surface area contributed by atoms with Crippen molar-refractivity contribution in [2.75, 3.05) is 119 Å². The number of nitrogens with two attached hydrogens (primary N) is 1. The smallest absolute Gasteiger partial charge is 0.411 e. The molecule has 14 amide bonds. The second-order valence-electron chi connectivity index (χ2n) is 33.2. The van der Waals surface area contributed by atoms with Crippen LogP contribution in [0.3, 0.4) is 0 Å². The second kappa shape index (κ2) is 50.3. The number of likely N-dealkylation sites (tertiary alicyclic amines) is 1. The van der Waals surface area contributed by atoms with Crippen LogP contribution in [-0.4, -0.2) is 274 Å². The third-order valence-corrected chi connectivity index (χ3v) is 23.8. The minimum absolute atomic E-state index is 0.00833. The molecule has 2 aliphatic rings. The van der Waals surface area contributed by atoms with Crippen molar-refractivity contribution >= 4 is 94.1 Å². The number of hydrogen-bond donors (Lipinski definition) is 8. The van der Waals surface area contributed by atoms with Crippen LogP contribution in [0.1, 0.15) is 183 Å². The van der Waals surface area contributed by atoms with Crippen molar-refractivity contribution in [3.8, 4) is 0 Å². The fraction of sp³-hybridized carbons (Fsp3) is 0.674. The number of anilines is 1. The summed E-state index contributed by atoms with van der Waals surface area (Å²) in [6.45, 7) is 27.9. The molecule has 12 atom stereocenters. The van der Waals surface area contributed by atoms with Crippen LogP contribution in [0, 0.1) is 40.9 Å². The van der Waals surface area contributed by atoms with Gasteiger partial charge in [-0.25, -0.2) is 14.6 Å². The summed E-state index contributed by atoms with van der Waals surface area (Å²) in [6, 6.07) is 8.82. The van der Waals surface area contributed by atoms with E-state index in [0.717, 1.165) is 20.4 Å². The Hall–Kier alpha value is -9.22. The van der Waals surface area contributed by atoms with E-state index < -0.39 is 137 Å². The van der Waals surface area contributed by atoms with Gasteiger partial charge in [0.2, 0.25) is 65.2 Å². The molecule has 2 aliphatic heterocycles. The summed E-state index contributed by atoms with van der Waals surface area (Å²) in [7, 11) is 7.98. The molecule has 34 heteroatoms. The quantitative estimate of drug-likeness (QED) is 0.0276. The van der Waals surface area contributed by atoms with Crippen molar-refractivity contribution in [3.05, 3.63) is 82.3 Å². The number of nitrogens with one attached hydrogen (secondary N) is 7. The van der Waals surface area contributed by atoms with Gasteiger partial charge in [0.05, 0.1) is 69.1 Å². The van der Waals surface area contributed by atoms with Gasteiger partial charge in [0.25, 0.3) is 5.91 Å². The highest BCUT2D eigenvalue weighted by atomic mass is 32.1. The van der Waals surface area contributed by atoms with E-state index in [4.69, 9.17) is 29.4 Å². The topological polar surface area (TPSA) is 411 Å². The van der Waals surface area contributed by atoms with Crippen LogP contribution in [0.2, 0.25) is 0 Å². The zero-order valence-electron chi connectivity index (χ0n) is 74.1. The zero-order chi connectivity index (χ0) is 89.3. The molecule has 1 aromatic heterocycles. The second-order valence-corrected chi connectivity index (χ2v) is 34.1. The summed E-state index contributed by atoms with van der Waals surface area (Å²) in [5.74, 6) is -7.48. The lowest BCUT2D eigenvalue weighted by molar-refractivity contribution is -0.152. The molecule has 0 aliphatic carbocycles. The lowest BCUT2D eigenvalue weighted by Gasteiger charge is -2.41. The van der Waals surface area contributed by atoms with Crippen molar-refractivity contribution in [2.45, 2.75) is 222 Å². The Morgan fingerprint density at radius 2 is 1.33 bits per heavy atom. The van der Waals surface area contributed by atoms with E-state index in [2.05, 4.69) is 42.2 Å². The highest BCUT2D eigenvalue weighted by Gasteiger charge is 2.46. The predicted octanol–water partition coefficient (Wildman–Crippen LogP) is 6.60. The highest BCUT2D eigenvalue weighted by molar-refractivity contribution is 7.09. The number of piperazine rings is 1. The molecule has 1 unspecified atom stereocenters. The molecule has 0 spiro atoms. The molecule has 120 heavy (non-hydrogen) atoms. The maximum absolute atomic E-state index is 15.2. The van der Waals surface area contributed by atoms with Gasteiger partial charge >= 0.3 is 12.1 Å². The van der Waals surface area contributed by atoms with Gasteiger partial charge in [0.1, 0.15) is 29.2 Å². The van der Waals surface area contributed by atoms with E-state index in [1.54, 1.807) is 104 Å². The van der Waals surface area contributed by atoms with E-state index in [1.165, 1.54) is 49.8 Å².